The summed E-state index contributed by atoms with van der Waals surface area (Å²) in [5, 5.41) is 6.73. The van der Waals surface area contributed by atoms with E-state index in [1.165, 1.54) is 0 Å². The van der Waals surface area contributed by atoms with Crippen molar-refractivity contribution in [2.24, 2.45) is 0 Å². The van der Waals surface area contributed by atoms with Gasteiger partial charge in [-0.2, -0.15) is 0 Å². The summed E-state index contributed by atoms with van der Waals surface area (Å²) in [5.41, 5.74) is 2.24. The molecule has 0 aliphatic carbocycles. The average molecular weight is 306 g/mol. The molecule has 0 saturated carbocycles. The Balaban J connectivity index is 2.28. The van der Waals surface area contributed by atoms with Crippen molar-refractivity contribution >= 4 is 11.3 Å². The number of ether oxygens (including phenoxy) is 2. The van der Waals surface area contributed by atoms with Gasteiger partial charge in [-0.3, -0.25) is 0 Å². The minimum absolute atomic E-state index is 0.178. The Labute approximate surface area is 130 Å². The second-order valence-electron chi connectivity index (χ2n) is 4.78. The molecule has 1 unspecified atom stereocenters. The molecule has 1 aromatic carbocycles. The van der Waals surface area contributed by atoms with Crippen LogP contribution in [0, 0.1) is 6.92 Å². The fraction of sp³-hybridized carbons (Fsp3) is 0.438. The highest BCUT2D eigenvalue weighted by Gasteiger charge is 2.17. The van der Waals surface area contributed by atoms with Crippen LogP contribution in [0.15, 0.2) is 23.6 Å². The number of thiazole rings is 1. The first-order valence-corrected chi connectivity index (χ1v) is 7.92. The minimum Gasteiger partial charge on any atom is -0.497 e. The van der Waals surface area contributed by atoms with Crippen molar-refractivity contribution < 1.29 is 9.47 Å². The molecule has 0 radical (unpaired) electrons. The van der Waals surface area contributed by atoms with E-state index < -0.39 is 0 Å². The molecule has 5 heteroatoms. The summed E-state index contributed by atoms with van der Waals surface area (Å²) < 4.78 is 10.8. The Kier molecular flexibility index (Phi) is 5.59. The van der Waals surface area contributed by atoms with Gasteiger partial charge in [0, 0.05) is 29.5 Å². The second kappa shape index (κ2) is 7.43. The number of aromatic nitrogens is 1. The molecule has 1 heterocycles. The van der Waals surface area contributed by atoms with Crippen molar-refractivity contribution in [2.75, 3.05) is 20.8 Å². The molecule has 1 N–H and O–H groups in total. The number of hydrogen-bond donors (Lipinski definition) is 1. The van der Waals surface area contributed by atoms with Crippen LogP contribution in [-0.4, -0.2) is 25.7 Å². The van der Waals surface area contributed by atoms with Crippen LogP contribution >= 0.6 is 11.3 Å². The van der Waals surface area contributed by atoms with E-state index in [2.05, 4.69) is 28.7 Å². The van der Waals surface area contributed by atoms with Crippen LogP contribution in [-0.2, 0) is 6.42 Å². The van der Waals surface area contributed by atoms with Gasteiger partial charge < -0.3 is 14.8 Å². The molecule has 0 spiro atoms. The zero-order valence-corrected chi connectivity index (χ0v) is 13.8. The van der Waals surface area contributed by atoms with Gasteiger partial charge in [-0.05, 0) is 19.5 Å². The molecular weight excluding hydrogens is 284 g/mol. The first-order valence-electron chi connectivity index (χ1n) is 7.04. The normalized spacial score (nSPS) is 12.2. The molecule has 114 valence electrons. The van der Waals surface area contributed by atoms with E-state index in [4.69, 9.17) is 9.47 Å². The largest absolute Gasteiger partial charge is 0.497 e. The van der Waals surface area contributed by atoms with Gasteiger partial charge in [0.05, 0.1) is 24.9 Å². The maximum Gasteiger partial charge on any atom is 0.127 e. The summed E-state index contributed by atoms with van der Waals surface area (Å²) in [5.74, 6) is 1.64. The predicted octanol–water partition coefficient (Wildman–Crippen LogP) is 3.36. The standard InChI is InChI=1S/C16H22N2O2S/c1-5-17-15(8-12-10-21-11(2)18-12)14-7-6-13(19-3)9-16(14)20-4/h6-7,9-10,15,17H,5,8H2,1-4H3. The van der Waals surface area contributed by atoms with Crippen LogP contribution < -0.4 is 14.8 Å². The smallest absolute Gasteiger partial charge is 0.127 e. The van der Waals surface area contributed by atoms with Crippen LogP contribution in [0.2, 0.25) is 0 Å². The van der Waals surface area contributed by atoms with Crippen LogP contribution in [0.4, 0.5) is 0 Å². The van der Waals surface area contributed by atoms with Gasteiger partial charge in [0.25, 0.3) is 0 Å². The van der Waals surface area contributed by atoms with E-state index in [0.29, 0.717) is 0 Å². The lowest BCUT2D eigenvalue weighted by Gasteiger charge is -2.20. The maximum absolute atomic E-state index is 5.52. The van der Waals surface area contributed by atoms with Crippen LogP contribution in [0.3, 0.4) is 0 Å². The van der Waals surface area contributed by atoms with Crippen molar-refractivity contribution in [3.8, 4) is 11.5 Å². The summed E-state index contributed by atoms with van der Waals surface area (Å²) in [4.78, 5) is 4.56. The van der Waals surface area contributed by atoms with Crippen molar-refractivity contribution in [1.29, 1.82) is 0 Å². The van der Waals surface area contributed by atoms with E-state index in [0.717, 1.165) is 40.7 Å². The van der Waals surface area contributed by atoms with Gasteiger partial charge in [-0.15, -0.1) is 11.3 Å². The fourth-order valence-corrected chi connectivity index (χ4v) is 2.98. The number of aryl methyl sites for hydroxylation is 1. The van der Waals surface area contributed by atoms with Crippen LogP contribution in [0.25, 0.3) is 0 Å². The maximum atomic E-state index is 5.52. The number of methoxy groups -OCH3 is 2. The molecular formula is C16H22N2O2S. The molecule has 0 amide bonds. The highest BCUT2D eigenvalue weighted by atomic mass is 32.1. The Morgan fingerprint density at radius 2 is 2.10 bits per heavy atom. The molecule has 0 aliphatic rings. The molecule has 21 heavy (non-hydrogen) atoms. The van der Waals surface area contributed by atoms with E-state index in [1.807, 2.05) is 19.1 Å². The second-order valence-corrected chi connectivity index (χ2v) is 5.84. The lowest BCUT2D eigenvalue weighted by atomic mass is 10.0. The lowest BCUT2D eigenvalue weighted by Crippen LogP contribution is -2.23. The average Bonchev–Trinajstić information content (AvgIpc) is 2.91. The molecule has 0 aliphatic heterocycles. The summed E-state index contributed by atoms with van der Waals surface area (Å²) >= 11 is 1.69. The Bertz CT molecular complexity index is 583. The zero-order chi connectivity index (χ0) is 15.2. The van der Waals surface area contributed by atoms with Gasteiger partial charge in [0.1, 0.15) is 11.5 Å². The summed E-state index contributed by atoms with van der Waals surface area (Å²) in [7, 11) is 3.35. The highest BCUT2D eigenvalue weighted by molar-refractivity contribution is 7.09. The summed E-state index contributed by atoms with van der Waals surface area (Å²) in [6.07, 6.45) is 0.848. The first-order chi connectivity index (χ1) is 10.2. The summed E-state index contributed by atoms with van der Waals surface area (Å²) in [6, 6.07) is 6.13. The van der Waals surface area contributed by atoms with Crippen molar-refractivity contribution in [3.05, 3.63) is 39.8 Å². The van der Waals surface area contributed by atoms with E-state index in [-0.39, 0.29) is 6.04 Å². The van der Waals surface area contributed by atoms with E-state index >= 15 is 0 Å². The molecule has 1 atom stereocenters. The number of nitrogens with zero attached hydrogens (tertiary/aromatic N) is 1. The fourth-order valence-electron chi connectivity index (χ4n) is 2.36. The molecule has 2 rings (SSSR count). The van der Waals surface area contributed by atoms with Gasteiger partial charge in [-0.1, -0.05) is 13.0 Å². The SMILES string of the molecule is CCNC(Cc1csc(C)n1)c1ccc(OC)cc1OC. The number of likely N-dealkylation sites (N-methyl/N-ethyl adjacent to an activating group) is 1. The Morgan fingerprint density at radius 3 is 2.67 bits per heavy atom. The van der Waals surface area contributed by atoms with Gasteiger partial charge in [-0.25, -0.2) is 4.98 Å². The van der Waals surface area contributed by atoms with Crippen LogP contribution in [0.1, 0.15) is 29.2 Å². The Morgan fingerprint density at radius 1 is 1.29 bits per heavy atom. The van der Waals surface area contributed by atoms with Crippen molar-refractivity contribution in [2.45, 2.75) is 26.3 Å². The predicted molar refractivity (Wildman–Crippen MR) is 86.5 cm³/mol. The third-order valence-corrected chi connectivity index (χ3v) is 4.17. The van der Waals surface area contributed by atoms with Crippen molar-refractivity contribution in [3.63, 3.8) is 0 Å². The minimum atomic E-state index is 0.178. The van der Waals surface area contributed by atoms with Gasteiger partial charge in [0.2, 0.25) is 0 Å². The quantitative estimate of drug-likeness (QED) is 0.852. The third kappa shape index (κ3) is 3.95. The third-order valence-electron chi connectivity index (χ3n) is 3.35. The van der Waals surface area contributed by atoms with Crippen molar-refractivity contribution in [1.82, 2.24) is 10.3 Å². The molecule has 1 aromatic heterocycles. The zero-order valence-electron chi connectivity index (χ0n) is 13.0. The van der Waals surface area contributed by atoms with Gasteiger partial charge in [0.15, 0.2) is 0 Å². The first kappa shape index (κ1) is 15.8. The molecule has 4 nitrogen and oxygen atoms in total. The number of nitrogens with one attached hydrogen (secondary N) is 1. The van der Waals surface area contributed by atoms with E-state index in [9.17, 15) is 0 Å². The number of benzene rings is 1. The van der Waals surface area contributed by atoms with Crippen LogP contribution in [0.5, 0.6) is 11.5 Å². The number of hydrogen-bond acceptors (Lipinski definition) is 5. The van der Waals surface area contributed by atoms with E-state index in [1.54, 1.807) is 25.6 Å². The molecule has 0 fully saturated rings. The van der Waals surface area contributed by atoms with Gasteiger partial charge >= 0.3 is 0 Å². The highest BCUT2D eigenvalue weighted by Crippen LogP contribution is 2.31. The summed E-state index contributed by atoms with van der Waals surface area (Å²) in [6.45, 7) is 5.03. The molecule has 0 bridgehead atoms. The Hall–Kier alpha value is -1.59. The molecule has 0 saturated heterocycles. The lowest BCUT2D eigenvalue weighted by molar-refractivity contribution is 0.384. The monoisotopic (exact) mass is 306 g/mol. The molecule has 2 aromatic rings. The number of rotatable bonds is 7. The topological polar surface area (TPSA) is 43.4 Å².